The molecule has 110 valence electrons. The van der Waals surface area contributed by atoms with Crippen LogP contribution >= 0.6 is 11.6 Å². The Labute approximate surface area is 129 Å². The predicted octanol–water partition coefficient (Wildman–Crippen LogP) is 3.40. The molecule has 0 amide bonds. The Morgan fingerprint density at radius 2 is 2.10 bits per heavy atom. The summed E-state index contributed by atoms with van der Waals surface area (Å²) in [4.78, 5) is 14.7. The molecule has 5 nitrogen and oxygen atoms in total. The van der Waals surface area contributed by atoms with Crippen molar-refractivity contribution in [2.45, 2.75) is 26.2 Å². The van der Waals surface area contributed by atoms with Gasteiger partial charge in [-0.1, -0.05) is 25.1 Å². The van der Waals surface area contributed by atoms with Gasteiger partial charge >= 0.3 is 6.01 Å². The first-order chi connectivity index (χ1) is 10.3. The van der Waals surface area contributed by atoms with Crippen LogP contribution < -0.4 is 9.64 Å². The first-order valence-corrected chi connectivity index (χ1v) is 7.55. The van der Waals surface area contributed by atoms with Crippen molar-refractivity contribution < 1.29 is 4.74 Å². The van der Waals surface area contributed by atoms with E-state index in [-0.39, 0.29) is 11.3 Å². The van der Waals surface area contributed by atoms with Crippen molar-refractivity contribution in [1.29, 1.82) is 0 Å². The number of benzene rings is 1. The highest BCUT2D eigenvalue weighted by molar-refractivity contribution is 6.28. The predicted molar refractivity (Wildman–Crippen MR) is 82.4 cm³/mol. The molecule has 1 aromatic heterocycles. The molecule has 1 aliphatic rings. The molecule has 6 heteroatoms. The second-order valence-electron chi connectivity index (χ2n) is 4.92. The third-order valence-electron chi connectivity index (χ3n) is 3.36. The van der Waals surface area contributed by atoms with Gasteiger partial charge in [0.1, 0.15) is 0 Å². The Hall–Kier alpha value is -1.88. The molecule has 21 heavy (non-hydrogen) atoms. The highest BCUT2D eigenvalue weighted by Crippen LogP contribution is 2.32. The Kier molecular flexibility index (Phi) is 4.20. The first kappa shape index (κ1) is 14.1. The Balaban J connectivity index is 1.95. The third-order valence-corrected chi connectivity index (χ3v) is 3.53. The standard InChI is InChI=1S/C15H17ClN4O/c1-2-10-21-15-18-13(16)17-14(19-15)20-9-5-7-11-6-3-4-8-12(11)20/h3-4,6,8H,2,5,7,9-10H2,1H3. The van der Waals surface area contributed by atoms with Gasteiger partial charge in [0.2, 0.25) is 11.2 Å². The van der Waals surface area contributed by atoms with Gasteiger partial charge in [-0.2, -0.15) is 15.0 Å². The summed E-state index contributed by atoms with van der Waals surface area (Å²) in [6.07, 6.45) is 3.03. The fourth-order valence-corrected chi connectivity index (χ4v) is 2.59. The lowest BCUT2D eigenvalue weighted by atomic mass is 10.0. The average Bonchev–Trinajstić information content (AvgIpc) is 2.52. The molecule has 1 aliphatic heterocycles. The summed E-state index contributed by atoms with van der Waals surface area (Å²) < 4.78 is 5.48. The molecule has 2 heterocycles. The van der Waals surface area contributed by atoms with Gasteiger partial charge in [-0.3, -0.25) is 0 Å². The van der Waals surface area contributed by atoms with Gasteiger partial charge in [-0.05, 0) is 42.5 Å². The molecule has 0 spiro atoms. The van der Waals surface area contributed by atoms with Crippen LogP contribution in [0.15, 0.2) is 24.3 Å². The molecule has 0 atom stereocenters. The van der Waals surface area contributed by atoms with Gasteiger partial charge in [0.05, 0.1) is 6.61 Å². The maximum absolute atomic E-state index is 6.01. The highest BCUT2D eigenvalue weighted by atomic mass is 35.5. The van der Waals surface area contributed by atoms with E-state index in [2.05, 4.69) is 38.1 Å². The minimum Gasteiger partial charge on any atom is -0.463 e. The van der Waals surface area contributed by atoms with Gasteiger partial charge < -0.3 is 9.64 Å². The molecule has 0 saturated heterocycles. The summed E-state index contributed by atoms with van der Waals surface area (Å²) in [6, 6.07) is 8.58. The number of aryl methyl sites for hydroxylation is 1. The van der Waals surface area contributed by atoms with Crippen LogP contribution in [-0.4, -0.2) is 28.1 Å². The van der Waals surface area contributed by atoms with Crippen LogP contribution in [0, 0.1) is 0 Å². The maximum Gasteiger partial charge on any atom is 0.322 e. The number of hydrogen-bond donors (Lipinski definition) is 0. The number of fused-ring (bicyclic) bond motifs is 1. The highest BCUT2D eigenvalue weighted by Gasteiger charge is 2.21. The number of para-hydroxylation sites is 1. The van der Waals surface area contributed by atoms with Crippen LogP contribution in [-0.2, 0) is 6.42 Å². The minimum atomic E-state index is 0.161. The molecule has 0 aliphatic carbocycles. The molecule has 0 unspecified atom stereocenters. The Morgan fingerprint density at radius 3 is 2.95 bits per heavy atom. The Bertz CT molecular complexity index is 635. The van der Waals surface area contributed by atoms with E-state index in [0.717, 1.165) is 31.5 Å². The van der Waals surface area contributed by atoms with Crippen molar-refractivity contribution in [1.82, 2.24) is 15.0 Å². The van der Waals surface area contributed by atoms with Crippen LogP contribution in [0.4, 0.5) is 11.6 Å². The second kappa shape index (κ2) is 6.26. The summed E-state index contributed by atoms with van der Waals surface area (Å²) in [5.74, 6) is 0.549. The lowest BCUT2D eigenvalue weighted by Gasteiger charge is -2.29. The minimum absolute atomic E-state index is 0.161. The van der Waals surface area contributed by atoms with Crippen molar-refractivity contribution in [2.75, 3.05) is 18.1 Å². The molecule has 3 rings (SSSR count). The van der Waals surface area contributed by atoms with Crippen LogP contribution in [0.25, 0.3) is 0 Å². The molecule has 1 aromatic carbocycles. The first-order valence-electron chi connectivity index (χ1n) is 7.17. The third kappa shape index (κ3) is 3.08. The zero-order valence-electron chi connectivity index (χ0n) is 11.9. The van der Waals surface area contributed by atoms with Gasteiger partial charge in [-0.15, -0.1) is 0 Å². The summed E-state index contributed by atoms with van der Waals surface area (Å²) in [5.41, 5.74) is 2.43. The summed E-state index contributed by atoms with van der Waals surface area (Å²) in [7, 11) is 0. The number of halogens is 1. The number of anilines is 2. The molecular formula is C15H17ClN4O. The van der Waals surface area contributed by atoms with Crippen LogP contribution in [0.1, 0.15) is 25.3 Å². The van der Waals surface area contributed by atoms with Crippen molar-refractivity contribution in [3.05, 3.63) is 35.1 Å². The van der Waals surface area contributed by atoms with E-state index in [9.17, 15) is 0 Å². The average molecular weight is 305 g/mol. The molecule has 0 bridgehead atoms. The zero-order chi connectivity index (χ0) is 14.7. The van der Waals surface area contributed by atoms with Crippen LogP contribution in [0.2, 0.25) is 5.28 Å². The quantitative estimate of drug-likeness (QED) is 0.866. The fourth-order valence-electron chi connectivity index (χ4n) is 2.44. The van der Waals surface area contributed by atoms with E-state index >= 15 is 0 Å². The molecule has 0 N–H and O–H groups in total. The molecular weight excluding hydrogens is 288 g/mol. The SMILES string of the molecule is CCCOc1nc(Cl)nc(N2CCCc3ccccc32)n1. The van der Waals surface area contributed by atoms with Crippen LogP contribution in [0.3, 0.4) is 0 Å². The smallest absolute Gasteiger partial charge is 0.322 e. The number of rotatable bonds is 4. The summed E-state index contributed by atoms with van der Waals surface area (Å²) >= 11 is 6.01. The maximum atomic E-state index is 6.01. The Morgan fingerprint density at radius 1 is 1.24 bits per heavy atom. The van der Waals surface area contributed by atoms with Crippen molar-refractivity contribution in [3.8, 4) is 6.01 Å². The number of ether oxygens (including phenoxy) is 1. The number of hydrogen-bond acceptors (Lipinski definition) is 5. The van der Waals surface area contributed by atoms with Gasteiger partial charge in [0, 0.05) is 12.2 Å². The van der Waals surface area contributed by atoms with E-state index < -0.39 is 0 Å². The second-order valence-corrected chi connectivity index (χ2v) is 5.26. The number of aromatic nitrogens is 3. The van der Waals surface area contributed by atoms with E-state index in [0.29, 0.717) is 12.6 Å². The van der Waals surface area contributed by atoms with Crippen molar-refractivity contribution in [2.24, 2.45) is 0 Å². The van der Waals surface area contributed by atoms with E-state index in [1.165, 1.54) is 5.56 Å². The van der Waals surface area contributed by atoms with Crippen molar-refractivity contribution in [3.63, 3.8) is 0 Å². The fraction of sp³-hybridized carbons (Fsp3) is 0.400. The molecule has 2 aromatic rings. The molecule has 0 saturated carbocycles. The monoisotopic (exact) mass is 304 g/mol. The summed E-state index contributed by atoms with van der Waals surface area (Å²) in [5, 5.41) is 0.161. The molecule has 0 fully saturated rings. The number of nitrogens with zero attached hydrogens (tertiary/aromatic N) is 4. The largest absolute Gasteiger partial charge is 0.463 e. The summed E-state index contributed by atoms with van der Waals surface area (Å²) in [6.45, 7) is 3.46. The lowest BCUT2D eigenvalue weighted by Crippen LogP contribution is -2.26. The normalized spacial score (nSPS) is 13.9. The van der Waals surface area contributed by atoms with E-state index in [1.807, 2.05) is 13.0 Å². The van der Waals surface area contributed by atoms with E-state index in [4.69, 9.17) is 16.3 Å². The molecule has 0 radical (unpaired) electrons. The van der Waals surface area contributed by atoms with Crippen LogP contribution in [0.5, 0.6) is 6.01 Å². The van der Waals surface area contributed by atoms with Gasteiger partial charge in [-0.25, -0.2) is 0 Å². The zero-order valence-corrected chi connectivity index (χ0v) is 12.7. The van der Waals surface area contributed by atoms with Crippen molar-refractivity contribution >= 4 is 23.2 Å². The van der Waals surface area contributed by atoms with E-state index in [1.54, 1.807) is 0 Å². The van der Waals surface area contributed by atoms with Gasteiger partial charge in [0.15, 0.2) is 0 Å². The topological polar surface area (TPSA) is 51.1 Å². The lowest BCUT2D eigenvalue weighted by molar-refractivity contribution is 0.291. The van der Waals surface area contributed by atoms with Gasteiger partial charge in [0.25, 0.3) is 0 Å².